The first kappa shape index (κ1) is 11.2. The molecule has 5 heteroatoms. The van der Waals surface area contributed by atoms with Crippen LogP contribution in [0.2, 0.25) is 5.02 Å². The lowest BCUT2D eigenvalue weighted by Crippen LogP contribution is -1.81. The molecule has 18 heavy (non-hydrogen) atoms. The highest BCUT2D eigenvalue weighted by Crippen LogP contribution is 2.26. The van der Waals surface area contributed by atoms with E-state index in [1.54, 1.807) is 24.3 Å². The summed E-state index contributed by atoms with van der Waals surface area (Å²) in [5, 5.41) is 0.590. The summed E-state index contributed by atoms with van der Waals surface area (Å²) in [4.78, 5) is 4.10. The molecule has 1 aromatic heterocycles. The van der Waals surface area contributed by atoms with Crippen molar-refractivity contribution >= 4 is 22.7 Å². The Morgan fingerprint density at radius 2 is 1.67 bits per heavy atom. The third kappa shape index (κ3) is 1.84. The van der Waals surface area contributed by atoms with Crippen LogP contribution in [-0.4, -0.2) is 4.98 Å². The highest BCUT2D eigenvalue weighted by atomic mass is 35.5. The molecule has 0 spiro atoms. The molecule has 0 radical (unpaired) electrons. The molecular formula is C13H6ClF2NO. The molecule has 0 aliphatic rings. The minimum atomic E-state index is -0.957. The maximum absolute atomic E-state index is 13.0. The van der Waals surface area contributed by atoms with Crippen molar-refractivity contribution in [3.05, 3.63) is 53.1 Å². The second-order valence-corrected chi connectivity index (χ2v) is 4.20. The fourth-order valence-corrected chi connectivity index (χ4v) is 1.77. The zero-order chi connectivity index (χ0) is 12.7. The molecule has 0 atom stereocenters. The van der Waals surface area contributed by atoms with Gasteiger partial charge in [0.1, 0.15) is 5.52 Å². The molecule has 90 valence electrons. The standard InChI is InChI=1S/C13H6ClF2NO/c14-8-3-1-7(2-4-8)13-17-11-5-9(15)10(16)6-12(11)18-13/h1-6H. The van der Waals surface area contributed by atoms with E-state index in [-0.39, 0.29) is 11.1 Å². The molecule has 0 saturated carbocycles. The van der Waals surface area contributed by atoms with E-state index in [1.807, 2.05) is 0 Å². The second kappa shape index (κ2) is 4.07. The fraction of sp³-hybridized carbons (Fsp3) is 0. The Morgan fingerprint density at radius 1 is 1.00 bits per heavy atom. The smallest absolute Gasteiger partial charge is 0.227 e. The Kier molecular flexibility index (Phi) is 2.52. The molecule has 0 saturated heterocycles. The van der Waals surface area contributed by atoms with E-state index in [1.165, 1.54) is 0 Å². The Labute approximate surface area is 106 Å². The first-order chi connectivity index (χ1) is 8.63. The Morgan fingerprint density at radius 3 is 2.39 bits per heavy atom. The summed E-state index contributed by atoms with van der Waals surface area (Å²) in [6.45, 7) is 0. The van der Waals surface area contributed by atoms with E-state index in [2.05, 4.69) is 4.98 Å². The zero-order valence-electron chi connectivity index (χ0n) is 8.95. The lowest BCUT2D eigenvalue weighted by molar-refractivity contribution is 0.507. The van der Waals surface area contributed by atoms with E-state index in [4.69, 9.17) is 16.0 Å². The van der Waals surface area contributed by atoms with Gasteiger partial charge in [-0.2, -0.15) is 0 Å². The second-order valence-electron chi connectivity index (χ2n) is 3.76. The van der Waals surface area contributed by atoms with Crippen LogP contribution >= 0.6 is 11.6 Å². The molecular weight excluding hydrogens is 260 g/mol. The van der Waals surface area contributed by atoms with E-state index in [0.29, 0.717) is 16.5 Å². The topological polar surface area (TPSA) is 26.0 Å². The number of fused-ring (bicyclic) bond motifs is 1. The summed E-state index contributed by atoms with van der Waals surface area (Å²) in [6, 6.07) is 8.81. The lowest BCUT2D eigenvalue weighted by Gasteiger charge is -1.94. The van der Waals surface area contributed by atoms with Gasteiger partial charge >= 0.3 is 0 Å². The Bertz CT molecular complexity index is 683. The van der Waals surface area contributed by atoms with Gasteiger partial charge in [0.2, 0.25) is 5.89 Å². The lowest BCUT2D eigenvalue weighted by atomic mass is 10.2. The van der Waals surface area contributed by atoms with Gasteiger partial charge in [-0.3, -0.25) is 0 Å². The molecule has 1 heterocycles. The molecule has 3 rings (SSSR count). The summed E-state index contributed by atoms with van der Waals surface area (Å²) in [7, 11) is 0. The predicted molar refractivity (Wildman–Crippen MR) is 64.4 cm³/mol. The number of halogens is 3. The number of oxazole rings is 1. The van der Waals surface area contributed by atoms with Crippen LogP contribution in [0.3, 0.4) is 0 Å². The van der Waals surface area contributed by atoms with Crippen molar-refractivity contribution in [2.24, 2.45) is 0 Å². The summed E-state index contributed by atoms with van der Waals surface area (Å²) in [5.41, 5.74) is 1.18. The van der Waals surface area contributed by atoms with Gasteiger partial charge in [-0.15, -0.1) is 0 Å². The molecule has 3 aromatic rings. The van der Waals surface area contributed by atoms with Gasteiger partial charge in [-0.1, -0.05) is 11.6 Å². The molecule has 0 aliphatic heterocycles. The summed E-state index contributed by atoms with van der Waals surface area (Å²) in [6.07, 6.45) is 0. The highest BCUT2D eigenvalue weighted by Gasteiger charge is 2.12. The molecule has 0 amide bonds. The normalized spacial score (nSPS) is 11.1. The van der Waals surface area contributed by atoms with Gasteiger partial charge in [0.25, 0.3) is 0 Å². The summed E-state index contributed by atoms with van der Waals surface area (Å²) < 4.78 is 31.4. The van der Waals surface area contributed by atoms with Crippen LogP contribution in [-0.2, 0) is 0 Å². The molecule has 2 nitrogen and oxygen atoms in total. The Hall–Kier alpha value is -1.94. The predicted octanol–water partition coefficient (Wildman–Crippen LogP) is 4.43. The van der Waals surface area contributed by atoms with Crippen molar-refractivity contribution in [3.8, 4) is 11.5 Å². The summed E-state index contributed by atoms with van der Waals surface area (Å²) >= 11 is 5.77. The van der Waals surface area contributed by atoms with Gasteiger partial charge in [0.05, 0.1) is 0 Å². The van der Waals surface area contributed by atoms with E-state index in [0.717, 1.165) is 12.1 Å². The molecule has 0 fully saturated rings. The van der Waals surface area contributed by atoms with E-state index >= 15 is 0 Å². The van der Waals surface area contributed by atoms with Crippen molar-refractivity contribution in [1.29, 1.82) is 0 Å². The largest absolute Gasteiger partial charge is 0.436 e. The van der Waals surface area contributed by atoms with Crippen LogP contribution in [0.15, 0.2) is 40.8 Å². The Balaban J connectivity index is 2.16. The quantitative estimate of drug-likeness (QED) is 0.651. The first-order valence-electron chi connectivity index (χ1n) is 5.15. The van der Waals surface area contributed by atoms with Gasteiger partial charge < -0.3 is 4.42 Å². The van der Waals surface area contributed by atoms with E-state index < -0.39 is 11.6 Å². The minimum absolute atomic E-state index is 0.207. The minimum Gasteiger partial charge on any atom is -0.436 e. The number of rotatable bonds is 1. The highest BCUT2D eigenvalue weighted by molar-refractivity contribution is 6.30. The third-order valence-corrected chi connectivity index (χ3v) is 2.77. The molecule has 0 bridgehead atoms. The monoisotopic (exact) mass is 265 g/mol. The number of hydrogen-bond donors (Lipinski definition) is 0. The van der Waals surface area contributed by atoms with Crippen molar-refractivity contribution < 1.29 is 13.2 Å². The van der Waals surface area contributed by atoms with Gasteiger partial charge in [0, 0.05) is 22.7 Å². The van der Waals surface area contributed by atoms with Crippen LogP contribution in [0.25, 0.3) is 22.6 Å². The maximum atomic E-state index is 13.0. The first-order valence-corrected chi connectivity index (χ1v) is 5.53. The van der Waals surface area contributed by atoms with Crippen molar-refractivity contribution in [3.63, 3.8) is 0 Å². The molecule has 2 aromatic carbocycles. The number of nitrogens with zero attached hydrogens (tertiary/aromatic N) is 1. The van der Waals surface area contributed by atoms with Crippen molar-refractivity contribution in [1.82, 2.24) is 4.98 Å². The van der Waals surface area contributed by atoms with Crippen LogP contribution in [0.5, 0.6) is 0 Å². The number of aromatic nitrogens is 1. The average Bonchev–Trinajstić information content (AvgIpc) is 2.73. The maximum Gasteiger partial charge on any atom is 0.227 e. The fourth-order valence-electron chi connectivity index (χ4n) is 1.64. The number of hydrogen-bond acceptors (Lipinski definition) is 2. The number of benzene rings is 2. The van der Waals surface area contributed by atoms with Crippen molar-refractivity contribution in [2.45, 2.75) is 0 Å². The molecule has 0 aliphatic carbocycles. The molecule has 0 N–H and O–H groups in total. The van der Waals surface area contributed by atoms with Gasteiger partial charge in [-0.25, -0.2) is 13.8 Å². The van der Waals surface area contributed by atoms with Crippen LogP contribution in [0.4, 0.5) is 8.78 Å². The SMILES string of the molecule is Fc1cc2nc(-c3ccc(Cl)cc3)oc2cc1F. The molecule has 0 unspecified atom stereocenters. The van der Waals surface area contributed by atoms with Crippen LogP contribution in [0, 0.1) is 11.6 Å². The van der Waals surface area contributed by atoms with Gasteiger partial charge in [0.15, 0.2) is 17.2 Å². The van der Waals surface area contributed by atoms with E-state index in [9.17, 15) is 8.78 Å². The third-order valence-electron chi connectivity index (χ3n) is 2.52. The van der Waals surface area contributed by atoms with Gasteiger partial charge in [-0.05, 0) is 24.3 Å². The zero-order valence-corrected chi connectivity index (χ0v) is 9.71. The summed E-state index contributed by atoms with van der Waals surface area (Å²) in [5.74, 6) is -1.61. The van der Waals surface area contributed by atoms with Crippen LogP contribution in [0.1, 0.15) is 0 Å². The van der Waals surface area contributed by atoms with Crippen LogP contribution < -0.4 is 0 Å². The average molecular weight is 266 g/mol. The van der Waals surface area contributed by atoms with Crippen molar-refractivity contribution in [2.75, 3.05) is 0 Å².